The first kappa shape index (κ1) is 20.4. The van der Waals surface area contributed by atoms with Gasteiger partial charge in [-0.15, -0.1) is 5.10 Å². The summed E-state index contributed by atoms with van der Waals surface area (Å²) in [5.41, 5.74) is 5.18. The Morgan fingerprint density at radius 1 is 1.03 bits per heavy atom. The van der Waals surface area contributed by atoms with E-state index in [0.29, 0.717) is 13.2 Å². The average molecular weight is 408 g/mol. The summed E-state index contributed by atoms with van der Waals surface area (Å²) in [6.45, 7) is 9.37. The Morgan fingerprint density at radius 3 is 2.53 bits per heavy atom. The Balaban J connectivity index is 1.57. The van der Waals surface area contributed by atoms with Crippen molar-refractivity contribution in [1.29, 1.82) is 0 Å². The molecule has 1 fully saturated rings. The summed E-state index contributed by atoms with van der Waals surface area (Å²) in [6.07, 6.45) is 3.66. The Bertz CT molecular complexity index is 951. The standard InChI is InChI=1S/C22H29N7O/c1-17-5-4-6-20(18(17)2)27-11-13-28(14-12-27)21(19-7-9-23-10-8-19)22-24-25-26-29(22)15-16-30-3/h4-10,21H,11-16H2,1-3H3/t21-/m1/s1. The maximum Gasteiger partial charge on any atom is 0.173 e. The van der Waals surface area contributed by atoms with Gasteiger partial charge in [0.1, 0.15) is 0 Å². The molecule has 8 heteroatoms. The van der Waals surface area contributed by atoms with E-state index in [9.17, 15) is 0 Å². The minimum Gasteiger partial charge on any atom is -0.383 e. The van der Waals surface area contributed by atoms with Crippen LogP contribution in [0.1, 0.15) is 28.6 Å². The molecule has 1 aliphatic heterocycles. The molecule has 2 aromatic heterocycles. The van der Waals surface area contributed by atoms with Gasteiger partial charge in [0.2, 0.25) is 0 Å². The molecular formula is C22H29N7O. The second-order valence-corrected chi connectivity index (χ2v) is 7.68. The summed E-state index contributed by atoms with van der Waals surface area (Å²) in [5.74, 6) is 0.846. The fraction of sp³-hybridized carbons (Fsp3) is 0.455. The molecule has 0 spiro atoms. The number of hydrogen-bond donors (Lipinski definition) is 0. The number of methoxy groups -OCH3 is 1. The molecule has 0 unspecified atom stereocenters. The van der Waals surface area contributed by atoms with Crippen LogP contribution in [0.4, 0.5) is 5.69 Å². The molecule has 8 nitrogen and oxygen atoms in total. The van der Waals surface area contributed by atoms with Gasteiger partial charge in [-0.2, -0.15) is 0 Å². The van der Waals surface area contributed by atoms with Gasteiger partial charge in [0.25, 0.3) is 0 Å². The predicted molar refractivity (Wildman–Crippen MR) is 115 cm³/mol. The van der Waals surface area contributed by atoms with Gasteiger partial charge >= 0.3 is 0 Å². The lowest BCUT2D eigenvalue weighted by Crippen LogP contribution is -2.48. The molecule has 0 amide bonds. The SMILES string of the molecule is COCCn1nnnc1[C@@H](c1ccncc1)N1CCN(c2cccc(C)c2C)CC1. The van der Waals surface area contributed by atoms with Crippen LogP contribution in [0.2, 0.25) is 0 Å². The fourth-order valence-electron chi connectivity index (χ4n) is 4.11. The zero-order chi connectivity index (χ0) is 20.9. The molecule has 158 valence electrons. The van der Waals surface area contributed by atoms with Crippen molar-refractivity contribution in [3.8, 4) is 0 Å². The maximum absolute atomic E-state index is 5.24. The fourth-order valence-corrected chi connectivity index (χ4v) is 4.11. The molecule has 0 N–H and O–H groups in total. The van der Waals surface area contributed by atoms with Crippen molar-refractivity contribution in [2.24, 2.45) is 0 Å². The second-order valence-electron chi connectivity index (χ2n) is 7.68. The summed E-state index contributed by atoms with van der Waals surface area (Å²) < 4.78 is 7.09. The molecule has 0 aliphatic carbocycles. The van der Waals surface area contributed by atoms with Crippen molar-refractivity contribution in [2.75, 3.05) is 44.8 Å². The average Bonchev–Trinajstić information content (AvgIpc) is 3.24. The highest BCUT2D eigenvalue weighted by Crippen LogP contribution is 2.30. The number of pyridine rings is 1. The van der Waals surface area contributed by atoms with Crippen molar-refractivity contribution in [1.82, 2.24) is 30.1 Å². The van der Waals surface area contributed by atoms with Crippen LogP contribution in [0.5, 0.6) is 0 Å². The van der Waals surface area contributed by atoms with E-state index in [1.807, 2.05) is 17.1 Å². The Hall–Kier alpha value is -2.84. The van der Waals surface area contributed by atoms with E-state index in [0.717, 1.165) is 37.6 Å². The van der Waals surface area contributed by atoms with Crippen LogP contribution < -0.4 is 4.90 Å². The van der Waals surface area contributed by atoms with Gasteiger partial charge in [0.05, 0.1) is 19.2 Å². The molecule has 0 radical (unpaired) electrons. The number of ether oxygens (including phenoxy) is 1. The Morgan fingerprint density at radius 2 is 1.80 bits per heavy atom. The van der Waals surface area contributed by atoms with Gasteiger partial charge in [-0.1, -0.05) is 12.1 Å². The largest absolute Gasteiger partial charge is 0.383 e. The van der Waals surface area contributed by atoms with Crippen LogP contribution in [0.15, 0.2) is 42.7 Å². The number of benzene rings is 1. The van der Waals surface area contributed by atoms with E-state index in [2.05, 4.69) is 74.5 Å². The van der Waals surface area contributed by atoms with Crippen molar-refractivity contribution in [3.63, 3.8) is 0 Å². The van der Waals surface area contributed by atoms with Crippen molar-refractivity contribution in [2.45, 2.75) is 26.4 Å². The van der Waals surface area contributed by atoms with Gasteiger partial charge in [0.15, 0.2) is 5.82 Å². The highest BCUT2D eigenvalue weighted by Gasteiger charge is 2.31. The number of hydrogen-bond acceptors (Lipinski definition) is 7. The minimum atomic E-state index is -0.0133. The molecule has 30 heavy (non-hydrogen) atoms. The van der Waals surface area contributed by atoms with E-state index in [1.54, 1.807) is 7.11 Å². The van der Waals surface area contributed by atoms with E-state index in [4.69, 9.17) is 4.74 Å². The lowest BCUT2D eigenvalue weighted by atomic mass is 10.0. The number of nitrogens with zero attached hydrogens (tertiary/aromatic N) is 7. The molecular weight excluding hydrogens is 378 g/mol. The third-order valence-electron chi connectivity index (χ3n) is 5.93. The van der Waals surface area contributed by atoms with Gasteiger partial charge < -0.3 is 9.64 Å². The van der Waals surface area contributed by atoms with Crippen molar-refractivity contribution in [3.05, 3.63) is 65.2 Å². The van der Waals surface area contributed by atoms with Gasteiger partial charge in [0, 0.05) is 51.4 Å². The van der Waals surface area contributed by atoms with E-state index >= 15 is 0 Å². The van der Waals surface area contributed by atoms with Gasteiger partial charge in [-0.25, -0.2) is 4.68 Å². The number of anilines is 1. The first-order chi connectivity index (χ1) is 14.7. The quantitative estimate of drug-likeness (QED) is 0.595. The molecule has 1 atom stereocenters. The number of aromatic nitrogens is 5. The third-order valence-corrected chi connectivity index (χ3v) is 5.93. The second kappa shape index (κ2) is 9.32. The Labute approximate surface area is 177 Å². The summed E-state index contributed by atoms with van der Waals surface area (Å²) in [4.78, 5) is 9.14. The summed E-state index contributed by atoms with van der Waals surface area (Å²) in [7, 11) is 1.69. The molecule has 1 saturated heterocycles. The Kier molecular flexibility index (Phi) is 6.35. The van der Waals surface area contributed by atoms with Crippen molar-refractivity contribution < 1.29 is 4.74 Å². The van der Waals surface area contributed by atoms with Crippen LogP contribution in [-0.2, 0) is 11.3 Å². The minimum absolute atomic E-state index is 0.0133. The van der Waals surface area contributed by atoms with E-state index in [1.165, 1.54) is 16.8 Å². The summed E-state index contributed by atoms with van der Waals surface area (Å²) >= 11 is 0. The van der Waals surface area contributed by atoms with Gasteiger partial charge in [-0.3, -0.25) is 9.88 Å². The topological polar surface area (TPSA) is 72.2 Å². The maximum atomic E-state index is 5.24. The number of tetrazole rings is 1. The highest BCUT2D eigenvalue weighted by atomic mass is 16.5. The van der Waals surface area contributed by atoms with E-state index in [-0.39, 0.29) is 6.04 Å². The third kappa shape index (κ3) is 4.20. The summed E-state index contributed by atoms with van der Waals surface area (Å²) in [6, 6.07) is 10.6. The molecule has 0 bridgehead atoms. The predicted octanol–water partition coefficient (Wildman–Crippen LogP) is 2.24. The molecule has 1 aliphatic rings. The molecule has 1 aromatic carbocycles. The van der Waals surface area contributed by atoms with E-state index < -0.39 is 0 Å². The molecule has 0 saturated carbocycles. The zero-order valence-electron chi connectivity index (χ0n) is 17.9. The lowest BCUT2D eigenvalue weighted by Gasteiger charge is -2.40. The smallest absolute Gasteiger partial charge is 0.173 e. The number of piperazine rings is 1. The van der Waals surface area contributed by atoms with Crippen LogP contribution in [0.3, 0.4) is 0 Å². The molecule has 4 rings (SSSR count). The molecule has 3 heterocycles. The first-order valence-corrected chi connectivity index (χ1v) is 10.4. The zero-order valence-corrected chi connectivity index (χ0v) is 17.9. The molecule has 3 aromatic rings. The summed E-state index contributed by atoms with van der Waals surface area (Å²) in [5, 5.41) is 12.6. The van der Waals surface area contributed by atoms with Crippen LogP contribution in [0, 0.1) is 13.8 Å². The first-order valence-electron chi connectivity index (χ1n) is 10.4. The van der Waals surface area contributed by atoms with Crippen LogP contribution in [-0.4, -0.2) is 70.0 Å². The number of aryl methyl sites for hydroxylation is 1. The lowest BCUT2D eigenvalue weighted by molar-refractivity contribution is 0.171. The van der Waals surface area contributed by atoms with Crippen LogP contribution >= 0.6 is 0 Å². The normalized spacial score (nSPS) is 16.0. The van der Waals surface area contributed by atoms with Crippen LogP contribution in [0.25, 0.3) is 0 Å². The van der Waals surface area contributed by atoms with Gasteiger partial charge in [-0.05, 0) is 59.2 Å². The van der Waals surface area contributed by atoms with Crippen molar-refractivity contribution >= 4 is 5.69 Å². The number of rotatable bonds is 7. The monoisotopic (exact) mass is 407 g/mol. The highest BCUT2D eigenvalue weighted by molar-refractivity contribution is 5.56.